The summed E-state index contributed by atoms with van der Waals surface area (Å²) in [6.45, 7) is 7.25. The summed E-state index contributed by atoms with van der Waals surface area (Å²) in [6, 6.07) is 0. The number of likely N-dealkylation sites (N-methyl/N-ethyl adjacent to an activating group) is 1. The molecule has 5 heteroatoms. The third-order valence-electron chi connectivity index (χ3n) is 6.17. The van der Waals surface area contributed by atoms with Gasteiger partial charge in [-0.15, -0.1) is 0 Å². The van der Waals surface area contributed by atoms with Crippen LogP contribution in [0, 0.1) is 23.2 Å². The number of carbonyl (C=O) groups is 2. The first-order chi connectivity index (χ1) is 11.6. The zero-order valence-electron chi connectivity index (χ0n) is 16.4. The fourth-order valence-corrected chi connectivity index (χ4v) is 5.85. The van der Waals surface area contributed by atoms with Crippen molar-refractivity contribution in [3.05, 3.63) is 0 Å². The van der Waals surface area contributed by atoms with Crippen LogP contribution in [-0.4, -0.2) is 48.9 Å². The van der Waals surface area contributed by atoms with E-state index >= 15 is 0 Å². The average Bonchev–Trinajstić information content (AvgIpc) is 2.41. The molecular formula is C20H35N3O2. The van der Waals surface area contributed by atoms with Gasteiger partial charge in [0.2, 0.25) is 11.8 Å². The van der Waals surface area contributed by atoms with Crippen molar-refractivity contribution in [2.75, 3.05) is 26.7 Å². The molecule has 2 amide bonds. The smallest absolute Gasteiger partial charge is 0.234 e. The number of rotatable bonds is 6. The standard InChI is InChI=1S/C20H35N3O2/c1-19(2,3)22-18(25)12-23(4)11-17(24)21-13-20-8-14-5-15(9-20)7-16(6-14)10-20/h14-16H,5-13H2,1-4H3,(H,21,24)(H,22,25). The Bertz CT molecular complexity index is 488. The Balaban J connectivity index is 1.42. The second kappa shape index (κ2) is 6.90. The Morgan fingerprint density at radius 1 is 0.960 bits per heavy atom. The lowest BCUT2D eigenvalue weighted by Gasteiger charge is -2.56. The quantitative estimate of drug-likeness (QED) is 0.772. The molecule has 0 saturated heterocycles. The maximum absolute atomic E-state index is 12.3. The molecule has 2 N–H and O–H groups in total. The maximum atomic E-state index is 12.3. The maximum Gasteiger partial charge on any atom is 0.234 e. The van der Waals surface area contributed by atoms with E-state index < -0.39 is 0 Å². The van der Waals surface area contributed by atoms with Crippen molar-refractivity contribution in [1.29, 1.82) is 0 Å². The molecule has 142 valence electrons. The first-order valence-corrected chi connectivity index (χ1v) is 9.89. The van der Waals surface area contributed by atoms with Gasteiger partial charge in [0.25, 0.3) is 0 Å². The summed E-state index contributed by atoms with van der Waals surface area (Å²) in [4.78, 5) is 26.1. The molecule has 4 saturated carbocycles. The monoisotopic (exact) mass is 349 g/mol. The van der Waals surface area contributed by atoms with Gasteiger partial charge in [0.15, 0.2) is 0 Å². The highest BCUT2D eigenvalue weighted by molar-refractivity contribution is 5.81. The van der Waals surface area contributed by atoms with Crippen molar-refractivity contribution in [3.63, 3.8) is 0 Å². The number of nitrogens with one attached hydrogen (secondary N) is 2. The highest BCUT2D eigenvalue weighted by atomic mass is 16.2. The minimum Gasteiger partial charge on any atom is -0.354 e. The van der Waals surface area contributed by atoms with E-state index in [1.54, 1.807) is 4.90 Å². The minimum absolute atomic E-state index is 0.0381. The Hall–Kier alpha value is -1.10. The van der Waals surface area contributed by atoms with Gasteiger partial charge in [-0.05, 0) is 89.5 Å². The van der Waals surface area contributed by atoms with E-state index in [1.807, 2.05) is 27.8 Å². The molecular weight excluding hydrogens is 314 g/mol. The third kappa shape index (κ3) is 4.96. The average molecular weight is 350 g/mol. The summed E-state index contributed by atoms with van der Waals surface area (Å²) in [5, 5.41) is 6.11. The van der Waals surface area contributed by atoms with Gasteiger partial charge in [0.05, 0.1) is 13.1 Å². The summed E-state index contributed by atoms with van der Waals surface area (Å²) in [5.74, 6) is 2.73. The van der Waals surface area contributed by atoms with Crippen LogP contribution in [0.4, 0.5) is 0 Å². The van der Waals surface area contributed by atoms with Crippen LogP contribution in [0.3, 0.4) is 0 Å². The Morgan fingerprint density at radius 3 is 1.92 bits per heavy atom. The highest BCUT2D eigenvalue weighted by Gasteiger charge is 2.50. The lowest BCUT2D eigenvalue weighted by Crippen LogP contribution is -2.52. The van der Waals surface area contributed by atoms with E-state index in [1.165, 1.54) is 38.5 Å². The van der Waals surface area contributed by atoms with E-state index in [2.05, 4.69) is 10.6 Å². The molecule has 4 aliphatic carbocycles. The third-order valence-corrected chi connectivity index (χ3v) is 6.17. The number of hydrogen-bond donors (Lipinski definition) is 2. The first kappa shape index (κ1) is 18.7. The van der Waals surface area contributed by atoms with Crippen LogP contribution in [-0.2, 0) is 9.59 Å². The molecule has 0 aromatic rings. The van der Waals surface area contributed by atoms with Crippen LogP contribution in [0.1, 0.15) is 59.3 Å². The predicted octanol–water partition coefficient (Wildman–Crippen LogP) is 2.17. The van der Waals surface area contributed by atoms with E-state index in [-0.39, 0.29) is 30.4 Å². The Labute approximate surface area is 152 Å². The summed E-state index contributed by atoms with van der Waals surface area (Å²) in [7, 11) is 1.83. The Morgan fingerprint density at radius 2 is 1.44 bits per heavy atom. The number of amides is 2. The molecule has 25 heavy (non-hydrogen) atoms. The van der Waals surface area contributed by atoms with Crippen LogP contribution in [0.15, 0.2) is 0 Å². The van der Waals surface area contributed by atoms with Gasteiger partial charge in [-0.2, -0.15) is 0 Å². The second-order valence-corrected chi connectivity index (χ2v) is 10.2. The van der Waals surface area contributed by atoms with E-state index in [4.69, 9.17) is 0 Å². The summed E-state index contributed by atoms with van der Waals surface area (Å²) < 4.78 is 0. The van der Waals surface area contributed by atoms with Crippen molar-refractivity contribution < 1.29 is 9.59 Å². The van der Waals surface area contributed by atoms with Crippen molar-refractivity contribution in [2.45, 2.75) is 64.8 Å². The largest absolute Gasteiger partial charge is 0.354 e. The van der Waals surface area contributed by atoms with Crippen LogP contribution in [0.25, 0.3) is 0 Å². The normalized spacial score (nSPS) is 33.6. The van der Waals surface area contributed by atoms with Gasteiger partial charge < -0.3 is 10.6 Å². The van der Waals surface area contributed by atoms with Gasteiger partial charge >= 0.3 is 0 Å². The van der Waals surface area contributed by atoms with Crippen LogP contribution in [0.2, 0.25) is 0 Å². The van der Waals surface area contributed by atoms with Crippen molar-refractivity contribution in [2.24, 2.45) is 23.2 Å². The number of nitrogens with zero attached hydrogens (tertiary/aromatic N) is 1. The molecule has 0 unspecified atom stereocenters. The molecule has 4 fully saturated rings. The first-order valence-electron chi connectivity index (χ1n) is 9.89. The van der Waals surface area contributed by atoms with Crippen LogP contribution < -0.4 is 10.6 Å². The van der Waals surface area contributed by atoms with E-state index in [0.29, 0.717) is 5.41 Å². The molecule has 0 aromatic heterocycles. The molecule has 4 aliphatic rings. The van der Waals surface area contributed by atoms with E-state index in [9.17, 15) is 9.59 Å². The lowest BCUT2D eigenvalue weighted by molar-refractivity contribution is -0.126. The Kier molecular flexibility index (Phi) is 5.16. The SMILES string of the molecule is CN(CC(=O)NCC12CC3CC(CC(C3)C1)C2)CC(=O)NC(C)(C)C. The van der Waals surface area contributed by atoms with Gasteiger partial charge in [-0.25, -0.2) is 0 Å². The van der Waals surface area contributed by atoms with Gasteiger partial charge in [-0.3, -0.25) is 14.5 Å². The summed E-state index contributed by atoms with van der Waals surface area (Å²) in [5.41, 5.74) is 0.130. The molecule has 0 spiro atoms. The van der Waals surface area contributed by atoms with E-state index in [0.717, 1.165) is 24.3 Å². The fourth-order valence-electron chi connectivity index (χ4n) is 5.85. The highest BCUT2D eigenvalue weighted by Crippen LogP contribution is 2.59. The second-order valence-electron chi connectivity index (χ2n) is 10.2. The van der Waals surface area contributed by atoms with Crippen molar-refractivity contribution >= 4 is 11.8 Å². The molecule has 4 bridgehead atoms. The van der Waals surface area contributed by atoms with Crippen LogP contribution in [0.5, 0.6) is 0 Å². The molecule has 5 nitrogen and oxygen atoms in total. The molecule has 0 atom stereocenters. The summed E-state index contributed by atoms with van der Waals surface area (Å²) >= 11 is 0. The van der Waals surface area contributed by atoms with Crippen molar-refractivity contribution in [3.8, 4) is 0 Å². The van der Waals surface area contributed by atoms with Gasteiger partial charge in [-0.1, -0.05) is 0 Å². The topological polar surface area (TPSA) is 61.4 Å². The lowest BCUT2D eigenvalue weighted by atomic mass is 9.49. The number of hydrogen-bond acceptors (Lipinski definition) is 3. The zero-order chi connectivity index (χ0) is 18.2. The van der Waals surface area contributed by atoms with Gasteiger partial charge in [0, 0.05) is 12.1 Å². The molecule has 0 aromatic carbocycles. The molecule has 0 heterocycles. The minimum atomic E-state index is -0.237. The molecule has 4 rings (SSSR count). The predicted molar refractivity (Wildman–Crippen MR) is 99.0 cm³/mol. The number of carbonyl (C=O) groups excluding carboxylic acids is 2. The summed E-state index contributed by atoms with van der Waals surface area (Å²) in [6.07, 6.45) is 8.21. The molecule has 0 radical (unpaired) electrons. The zero-order valence-corrected chi connectivity index (χ0v) is 16.4. The van der Waals surface area contributed by atoms with Gasteiger partial charge in [0.1, 0.15) is 0 Å². The molecule has 0 aliphatic heterocycles. The van der Waals surface area contributed by atoms with Crippen molar-refractivity contribution in [1.82, 2.24) is 15.5 Å². The fraction of sp³-hybridized carbons (Fsp3) is 0.900. The van der Waals surface area contributed by atoms with Crippen LogP contribution >= 0.6 is 0 Å².